The van der Waals surface area contributed by atoms with Gasteiger partial charge in [0.15, 0.2) is 0 Å². The third kappa shape index (κ3) is 6.02. The van der Waals surface area contributed by atoms with E-state index in [2.05, 4.69) is 246 Å². The topological polar surface area (TPSA) is 22.8 Å². The van der Waals surface area contributed by atoms with Crippen LogP contribution < -0.4 is 0 Å². The second kappa shape index (κ2) is 14.8. The van der Waals surface area contributed by atoms with Crippen molar-refractivity contribution >= 4 is 43.6 Å². The maximum atomic E-state index is 5.37. The number of benzene rings is 9. The molecule has 0 radical (unpaired) electrons. The standard InChI is InChI=1S/C59H39N3/c1-3-16-40(17-4-1)41-30-32-42(33-31-41)46-37-53(43-18-5-2-6-19-43)60-54(38-46)45-21-15-20-44(36-45)52-39-47(61-55-26-11-7-22-48(55)49-23-8-12-27-56(49)61)34-35-59(52)62-57-28-13-9-24-50(57)51-25-10-14-29-58(51)62/h1-39H. The van der Waals surface area contributed by atoms with Gasteiger partial charge in [0.05, 0.1) is 39.1 Å². The highest BCUT2D eigenvalue weighted by molar-refractivity contribution is 6.11. The number of hydrogen-bond donors (Lipinski definition) is 0. The Labute approximate surface area is 360 Å². The molecule has 12 aromatic rings. The molecule has 0 aliphatic heterocycles. The molecule has 0 atom stereocenters. The molecule has 12 rings (SSSR count). The molecule has 3 nitrogen and oxygen atoms in total. The van der Waals surface area contributed by atoms with Gasteiger partial charge in [-0.3, -0.25) is 0 Å². The fraction of sp³-hybridized carbons (Fsp3) is 0. The molecule has 0 aliphatic carbocycles. The van der Waals surface area contributed by atoms with E-state index in [9.17, 15) is 0 Å². The molecule has 0 unspecified atom stereocenters. The molecule has 0 saturated carbocycles. The van der Waals surface area contributed by atoms with Crippen molar-refractivity contribution in [2.45, 2.75) is 0 Å². The van der Waals surface area contributed by atoms with Crippen molar-refractivity contribution in [1.29, 1.82) is 0 Å². The maximum Gasteiger partial charge on any atom is 0.0715 e. The van der Waals surface area contributed by atoms with Crippen molar-refractivity contribution < 1.29 is 0 Å². The lowest BCUT2D eigenvalue weighted by Crippen LogP contribution is -2.01. The SMILES string of the molecule is c1ccc(-c2ccc(-c3cc(-c4ccccc4)nc(-c4cccc(-c5cc(-n6c7ccccc7c7ccccc76)ccc5-n5c6ccccc6c6ccccc65)c4)c3)cc2)cc1. The molecule has 3 heterocycles. The number of nitrogens with zero attached hydrogens (tertiary/aromatic N) is 3. The second-order valence-corrected chi connectivity index (χ2v) is 16.0. The monoisotopic (exact) mass is 789 g/mol. The van der Waals surface area contributed by atoms with E-state index >= 15 is 0 Å². The summed E-state index contributed by atoms with van der Waals surface area (Å²) >= 11 is 0. The molecular formula is C59H39N3. The summed E-state index contributed by atoms with van der Waals surface area (Å²) in [6, 6.07) is 85.3. The van der Waals surface area contributed by atoms with Crippen molar-refractivity contribution in [3.8, 4) is 67.3 Å². The average Bonchev–Trinajstić information content (AvgIpc) is 3.87. The maximum absolute atomic E-state index is 5.37. The van der Waals surface area contributed by atoms with Crippen molar-refractivity contribution in [2.24, 2.45) is 0 Å². The van der Waals surface area contributed by atoms with Gasteiger partial charge >= 0.3 is 0 Å². The van der Waals surface area contributed by atoms with Crippen LogP contribution in [0.3, 0.4) is 0 Å². The van der Waals surface area contributed by atoms with E-state index in [1.165, 1.54) is 54.7 Å². The van der Waals surface area contributed by atoms with Gasteiger partial charge in [-0.1, -0.05) is 176 Å². The van der Waals surface area contributed by atoms with Crippen LogP contribution >= 0.6 is 0 Å². The average molecular weight is 790 g/mol. The third-order valence-electron chi connectivity index (χ3n) is 12.3. The number of rotatable bonds is 7. The van der Waals surface area contributed by atoms with Crippen LogP contribution in [-0.4, -0.2) is 14.1 Å². The Morgan fingerprint density at radius 2 is 0.677 bits per heavy atom. The molecule has 9 aromatic carbocycles. The summed E-state index contributed by atoms with van der Waals surface area (Å²) in [4.78, 5) is 5.37. The molecular weight excluding hydrogens is 751 g/mol. The Bertz CT molecular complexity index is 3510. The van der Waals surface area contributed by atoms with Crippen LogP contribution in [0.1, 0.15) is 0 Å². The molecule has 290 valence electrons. The highest BCUT2D eigenvalue weighted by atomic mass is 15.0. The van der Waals surface area contributed by atoms with E-state index in [-0.39, 0.29) is 0 Å². The zero-order valence-corrected chi connectivity index (χ0v) is 33.9. The summed E-state index contributed by atoms with van der Waals surface area (Å²) in [5.74, 6) is 0. The summed E-state index contributed by atoms with van der Waals surface area (Å²) in [5.41, 5.74) is 17.9. The first-order chi connectivity index (χ1) is 30.7. The van der Waals surface area contributed by atoms with E-state index in [0.717, 1.165) is 56.1 Å². The zero-order valence-electron chi connectivity index (χ0n) is 33.9. The number of aromatic nitrogens is 3. The number of fused-ring (bicyclic) bond motifs is 6. The summed E-state index contributed by atoms with van der Waals surface area (Å²) in [6.07, 6.45) is 0. The van der Waals surface area contributed by atoms with Crippen molar-refractivity contribution in [3.05, 3.63) is 237 Å². The fourth-order valence-electron chi connectivity index (χ4n) is 9.41. The summed E-state index contributed by atoms with van der Waals surface area (Å²) < 4.78 is 4.85. The minimum Gasteiger partial charge on any atom is -0.309 e. The van der Waals surface area contributed by atoms with Gasteiger partial charge in [0.25, 0.3) is 0 Å². The lowest BCUT2D eigenvalue weighted by molar-refractivity contribution is 1.15. The van der Waals surface area contributed by atoms with Crippen molar-refractivity contribution in [3.63, 3.8) is 0 Å². The lowest BCUT2D eigenvalue weighted by atomic mass is 9.96. The van der Waals surface area contributed by atoms with Gasteiger partial charge in [-0.2, -0.15) is 0 Å². The quantitative estimate of drug-likeness (QED) is 0.158. The highest BCUT2D eigenvalue weighted by Crippen LogP contribution is 2.41. The van der Waals surface area contributed by atoms with Crippen LogP contribution in [0.2, 0.25) is 0 Å². The molecule has 3 aromatic heterocycles. The molecule has 0 bridgehead atoms. The molecule has 0 amide bonds. The summed E-state index contributed by atoms with van der Waals surface area (Å²) in [7, 11) is 0. The third-order valence-corrected chi connectivity index (χ3v) is 12.3. The minimum absolute atomic E-state index is 0.923. The predicted molar refractivity (Wildman–Crippen MR) is 260 cm³/mol. The van der Waals surface area contributed by atoms with Gasteiger partial charge in [0.2, 0.25) is 0 Å². The summed E-state index contributed by atoms with van der Waals surface area (Å²) in [5, 5.41) is 4.96. The van der Waals surface area contributed by atoms with Crippen LogP contribution in [0.4, 0.5) is 0 Å². The largest absolute Gasteiger partial charge is 0.309 e. The van der Waals surface area contributed by atoms with Crippen LogP contribution in [0.5, 0.6) is 0 Å². The Hall–Kier alpha value is -8.27. The smallest absolute Gasteiger partial charge is 0.0715 e. The van der Waals surface area contributed by atoms with E-state index in [4.69, 9.17) is 4.98 Å². The normalized spacial score (nSPS) is 11.5. The second-order valence-electron chi connectivity index (χ2n) is 16.0. The molecule has 62 heavy (non-hydrogen) atoms. The Morgan fingerprint density at radius 1 is 0.258 bits per heavy atom. The van der Waals surface area contributed by atoms with Gasteiger partial charge in [-0.25, -0.2) is 4.98 Å². The zero-order chi connectivity index (χ0) is 41.0. The van der Waals surface area contributed by atoms with Gasteiger partial charge in [0, 0.05) is 43.9 Å². The minimum atomic E-state index is 0.923. The van der Waals surface area contributed by atoms with Gasteiger partial charge in [-0.05, 0) is 88.5 Å². The number of hydrogen-bond acceptors (Lipinski definition) is 1. The van der Waals surface area contributed by atoms with E-state index in [1.54, 1.807) is 0 Å². The van der Waals surface area contributed by atoms with E-state index in [0.29, 0.717) is 0 Å². The first kappa shape index (κ1) is 35.7. The Balaban J connectivity index is 1.07. The fourth-order valence-corrected chi connectivity index (χ4v) is 9.41. The van der Waals surface area contributed by atoms with E-state index in [1.807, 2.05) is 0 Å². The predicted octanol–water partition coefficient (Wildman–Crippen LogP) is 15.6. The molecule has 0 spiro atoms. The van der Waals surface area contributed by atoms with Crippen LogP contribution in [0.25, 0.3) is 111 Å². The molecule has 0 saturated heterocycles. The molecule has 0 fully saturated rings. The van der Waals surface area contributed by atoms with Crippen molar-refractivity contribution in [1.82, 2.24) is 14.1 Å². The van der Waals surface area contributed by atoms with Crippen LogP contribution in [-0.2, 0) is 0 Å². The summed E-state index contributed by atoms with van der Waals surface area (Å²) in [6.45, 7) is 0. The molecule has 3 heteroatoms. The van der Waals surface area contributed by atoms with Gasteiger partial charge in [0.1, 0.15) is 0 Å². The van der Waals surface area contributed by atoms with E-state index < -0.39 is 0 Å². The van der Waals surface area contributed by atoms with Crippen molar-refractivity contribution in [2.75, 3.05) is 0 Å². The molecule has 0 aliphatic rings. The molecule has 0 N–H and O–H groups in total. The van der Waals surface area contributed by atoms with Crippen LogP contribution in [0, 0.1) is 0 Å². The van der Waals surface area contributed by atoms with Crippen LogP contribution in [0.15, 0.2) is 237 Å². The number of para-hydroxylation sites is 4. The lowest BCUT2D eigenvalue weighted by Gasteiger charge is -2.18. The Morgan fingerprint density at radius 3 is 1.24 bits per heavy atom. The Kier molecular flexibility index (Phi) is 8.50. The first-order valence-electron chi connectivity index (χ1n) is 21.2. The van der Waals surface area contributed by atoms with Gasteiger partial charge < -0.3 is 9.13 Å². The highest BCUT2D eigenvalue weighted by Gasteiger charge is 2.19. The van der Waals surface area contributed by atoms with Gasteiger partial charge in [-0.15, -0.1) is 0 Å². The number of pyridine rings is 1. The first-order valence-corrected chi connectivity index (χ1v) is 21.2.